The molecule has 0 heterocycles. The molecule has 18 heteroatoms. The smallest absolute Gasteiger partial charge is 0.414 e. The Balaban J connectivity index is 0.00000201. The van der Waals surface area contributed by atoms with Crippen LogP contribution in [0.1, 0.15) is 36.8 Å². The lowest BCUT2D eigenvalue weighted by Gasteiger charge is -2.26. The first-order valence-corrected chi connectivity index (χ1v) is 16.6. The number of methoxy groups -OCH3 is 4. The molecule has 0 saturated carbocycles. The first-order valence-electron chi connectivity index (χ1n) is 16.6. The number of hydrogen-bond donors (Lipinski definition) is 4. The molecule has 2 aromatic carbocycles. The molecule has 2 aromatic rings. The topological polar surface area (TPSA) is 233 Å². The van der Waals surface area contributed by atoms with E-state index in [1.54, 1.807) is 28.4 Å². The summed E-state index contributed by atoms with van der Waals surface area (Å²) in [4.78, 5) is 70.8. The highest BCUT2D eigenvalue weighted by atomic mass is 16.5. The van der Waals surface area contributed by atoms with Gasteiger partial charge in [0.2, 0.25) is 11.8 Å². The van der Waals surface area contributed by atoms with Crippen molar-refractivity contribution in [3.05, 3.63) is 47.5 Å². The maximum atomic E-state index is 13.3. The zero-order valence-corrected chi connectivity index (χ0v) is 32.2. The molecule has 0 aliphatic heterocycles. The highest BCUT2D eigenvalue weighted by Gasteiger charge is 2.18. The van der Waals surface area contributed by atoms with Crippen LogP contribution in [0.5, 0.6) is 23.0 Å². The zero-order chi connectivity index (χ0) is 41.4. The summed E-state index contributed by atoms with van der Waals surface area (Å²) in [6.07, 6.45) is 2.07. The van der Waals surface area contributed by atoms with Crippen LogP contribution in [0.3, 0.4) is 0 Å². The number of amides is 2. The summed E-state index contributed by atoms with van der Waals surface area (Å²) in [7, 11) is 14.4. The molecule has 2 rings (SSSR count). The van der Waals surface area contributed by atoms with Gasteiger partial charge in [0.1, 0.15) is 0 Å². The fraction of sp³-hybridized carbons (Fsp3) is 0.500. The molecular weight excluding hydrogens is 712 g/mol. The van der Waals surface area contributed by atoms with Gasteiger partial charge in [-0.25, -0.2) is 19.2 Å². The number of aliphatic carboxylic acids is 4. The van der Waals surface area contributed by atoms with Gasteiger partial charge in [0.15, 0.2) is 23.0 Å². The van der Waals surface area contributed by atoms with Gasteiger partial charge < -0.3 is 59.0 Å². The second-order valence-electron chi connectivity index (χ2n) is 12.0. The minimum atomic E-state index is -1.82. The highest BCUT2D eigenvalue weighted by molar-refractivity contribution is 6.27. The average molecular weight is 767 g/mol. The number of likely N-dealkylation sites (N-methyl/N-ethyl adjacent to an activating group) is 2. The van der Waals surface area contributed by atoms with Crippen LogP contribution in [-0.4, -0.2) is 159 Å². The third-order valence-corrected chi connectivity index (χ3v) is 7.38. The van der Waals surface area contributed by atoms with E-state index in [-0.39, 0.29) is 11.8 Å². The molecule has 302 valence electrons. The lowest BCUT2D eigenvalue weighted by Crippen LogP contribution is -2.36. The Morgan fingerprint density at radius 3 is 1.02 bits per heavy atom. The van der Waals surface area contributed by atoms with E-state index in [1.807, 2.05) is 74.4 Å². The fourth-order valence-corrected chi connectivity index (χ4v) is 4.49. The van der Waals surface area contributed by atoms with E-state index in [0.717, 1.165) is 24.2 Å². The molecule has 0 aliphatic carbocycles. The summed E-state index contributed by atoms with van der Waals surface area (Å²) >= 11 is 0. The lowest BCUT2D eigenvalue weighted by molar-refractivity contribution is -0.159. The third kappa shape index (κ3) is 19.8. The predicted molar refractivity (Wildman–Crippen MR) is 196 cm³/mol. The van der Waals surface area contributed by atoms with Gasteiger partial charge in [0, 0.05) is 52.1 Å². The van der Waals surface area contributed by atoms with Crippen LogP contribution in [0.25, 0.3) is 0 Å². The monoisotopic (exact) mass is 766 g/mol. The van der Waals surface area contributed by atoms with E-state index in [1.165, 1.54) is 0 Å². The number of rotatable bonds is 19. The van der Waals surface area contributed by atoms with Gasteiger partial charge in [-0.15, -0.1) is 0 Å². The van der Waals surface area contributed by atoms with E-state index in [4.69, 9.17) is 58.6 Å². The summed E-state index contributed by atoms with van der Waals surface area (Å²) < 4.78 is 21.6. The van der Waals surface area contributed by atoms with Gasteiger partial charge in [-0.3, -0.25) is 9.59 Å². The maximum absolute atomic E-state index is 13.3. The van der Waals surface area contributed by atoms with E-state index >= 15 is 0 Å². The molecule has 0 radical (unpaired) electrons. The normalized spacial score (nSPS) is 10.2. The van der Waals surface area contributed by atoms with E-state index in [0.29, 0.717) is 74.9 Å². The number of unbranched alkanes of at least 4 members (excludes halogenated alkanes) is 1. The van der Waals surface area contributed by atoms with Gasteiger partial charge >= 0.3 is 23.9 Å². The molecule has 4 N–H and O–H groups in total. The largest absolute Gasteiger partial charge is 0.493 e. The average Bonchev–Trinajstić information content (AvgIpc) is 3.13. The number of hydrogen-bond acceptors (Lipinski definition) is 12. The minimum absolute atomic E-state index is 0.0777. The van der Waals surface area contributed by atoms with Crippen molar-refractivity contribution in [3.63, 3.8) is 0 Å². The molecule has 0 atom stereocenters. The Bertz CT molecular complexity index is 1380. The SMILES string of the molecule is COc1ccc(CN(CCN(C)C)C(=O)CCCCC(=O)N(CCN(C)C)Cc2ccc(OC)c(OC)c2)cc1OC.O=C(O)C(=O)O.O=C(O)C(=O)O. The molecule has 0 aliphatic rings. The predicted octanol–water partition coefficient (Wildman–Crippen LogP) is 2.07. The maximum Gasteiger partial charge on any atom is 0.414 e. The van der Waals surface area contributed by atoms with Crippen molar-refractivity contribution >= 4 is 35.7 Å². The van der Waals surface area contributed by atoms with Gasteiger partial charge in [-0.05, 0) is 76.4 Å². The number of benzene rings is 2. The third-order valence-electron chi connectivity index (χ3n) is 7.38. The summed E-state index contributed by atoms with van der Waals surface area (Å²) in [5.74, 6) is -4.55. The second kappa shape index (κ2) is 26.2. The molecule has 2 amide bonds. The van der Waals surface area contributed by atoms with Crippen molar-refractivity contribution in [1.82, 2.24) is 19.6 Å². The Morgan fingerprint density at radius 2 is 0.778 bits per heavy atom. The van der Waals surface area contributed by atoms with Crippen molar-refractivity contribution in [2.24, 2.45) is 0 Å². The van der Waals surface area contributed by atoms with Crippen LogP contribution >= 0.6 is 0 Å². The molecule has 0 fully saturated rings. The molecule has 0 bridgehead atoms. The summed E-state index contributed by atoms with van der Waals surface area (Å²) in [6.45, 7) is 3.71. The Hall–Kier alpha value is -5.62. The Morgan fingerprint density at radius 1 is 0.481 bits per heavy atom. The molecule has 54 heavy (non-hydrogen) atoms. The Kier molecular flexibility index (Phi) is 23.5. The molecule has 18 nitrogen and oxygen atoms in total. The van der Waals surface area contributed by atoms with Gasteiger partial charge in [0.05, 0.1) is 28.4 Å². The van der Waals surface area contributed by atoms with Crippen molar-refractivity contribution in [2.75, 3.05) is 82.8 Å². The fourth-order valence-electron chi connectivity index (χ4n) is 4.49. The number of carboxylic acids is 4. The number of nitrogens with zero attached hydrogens (tertiary/aromatic N) is 4. The summed E-state index contributed by atoms with van der Waals surface area (Å²) in [5, 5.41) is 29.6. The van der Waals surface area contributed by atoms with Crippen molar-refractivity contribution in [3.8, 4) is 23.0 Å². The molecule has 0 aromatic heterocycles. The van der Waals surface area contributed by atoms with Gasteiger partial charge in [0.25, 0.3) is 0 Å². The minimum Gasteiger partial charge on any atom is -0.493 e. The van der Waals surface area contributed by atoms with E-state index < -0.39 is 23.9 Å². The van der Waals surface area contributed by atoms with Crippen molar-refractivity contribution < 1.29 is 68.1 Å². The molecule has 0 saturated heterocycles. The van der Waals surface area contributed by atoms with Crippen molar-refractivity contribution in [2.45, 2.75) is 38.8 Å². The zero-order valence-electron chi connectivity index (χ0n) is 32.2. The quantitative estimate of drug-likeness (QED) is 0.118. The summed E-state index contributed by atoms with van der Waals surface area (Å²) in [6, 6.07) is 11.5. The number of carboxylic acid groups (broad SMARTS) is 4. The summed E-state index contributed by atoms with van der Waals surface area (Å²) in [5.41, 5.74) is 1.95. The van der Waals surface area contributed by atoms with Crippen molar-refractivity contribution in [1.29, 1.82) is 0 Å². The molecule has 0 spiro atoms. The van der Waals surface area contributed by atoms with Crippen LogP contribution in [0.4, 0.5) is 0 Å². The molecule has 0 unspecified atom stereocenters. The highest BCUT2D eigenvalue weighted by Crippen LogP contribution is 2.29. The number of carbonyl (C=O) groups is 6. The van der Waals surface area contributed by atoms with Gasteiger partial charge in [-0.1, -0.05) is 12.1 Å². The molecular formula is C36H54N4O14. The second-order valence-corrected chi connectivity index (χ2v) is 12.0. The van der Waals surface area contributed by atoms with Crippen LogP contribution in [0, 0.1) is 0 Å². The van der Waals surface area contributed by atoms with Gasteiger partial charge in [-0.2, -0.15) is 0 Å². The first kappa shape index (κ1) is 48.4. The standard InChI is InChI=1S/C32H50N4O6.2C2H2O4/c1-33(2)17-19-35(23-25-13-15-27(39-5)29(21-25)41-7)31(37)11-9-10-12-32(38)36(20-18-34(3)4)24-26-14-16-28(40-6)30(22-26)42-8;2*3-1(4)2(5)6/h13-16,21-22H,9-12,17-20,23-24H2,1-8H3;2*(H,3,4)(H,5,6). The van der Waals surface area contributed by atoms with Crippen LogP contribution in [-0.2, 0) is 41.9 Å². The lowest BCUT2D eigenvalue weighted by atomic mass is 10.1. The Labute approximate surface area is 315 Å². The van der Waals surface area contributed by atoms with Crippen LogP contribution < -0.4 is 18.9 Å². The van der Waals surface area contributed by atoms with Crippen LogP contribution in [0.15, 0.2) is 36.4 Å². The van der Waals surface area contributed by atoms with E-state index in [2.05, 4.69) is 9.80 Å². The number of ether oxygens (including phenoxy) is 4. The number of carbonyl (C=O) groups excluding carboxylic acids is 2. The van der Waals surface area contributed by atoms with Crippen LogP contribution in [0.2, 0.25) is 0 Å². The van der Waals surface area contributed by atoms with E-state index in [9.17, 15) is 9.59 Å². The first-order chi connectivity index (χ1) is 25.4.